The lowest BCUT2D eigenvalue weighted by molar-refractivity contribution is 0.146. The van der Waals surface area contributed by atoms with E-state index in [0.717, 1.165) is 24.5 Å². The molecule has 0 aromatic heterocycles. The molecule has 2 N–H and O–H groups in total. The first-order valence-corrected chi connectivity index (χ1v) is 7.07. The minimum atomic E-state index is 0.587. The lowest BCUT2D eigenvalue weighted by Gasteiger charge is -2.24. The zero-order chi connectivity index (χ0) is 13.3. The van der Waals surface area contributed by atoms with Crippen LogP contribution in [0.15, 0.2) is 24.3 Å². The van der Waals surface area contributed by atoms with Gasteiger partial charge in [-0.3, -0.25) is 0 Å². The van der Waals surface area contributed by atoms with Gasteiger partial charge in [-0.2, -0.15) is 0 Å². The molecule has 1 saturated heterocycles. The van der Waals surface area contributed by atoms with Crippen LogP contribution in [0.3, 0.4) is 0 Å². The Labute approximate surface area is 115 Å². The van der Waals surface area contributed by atoms with Crippen molar-refractivity contribution in [2.24, 2.45) is 0 Å². The van der Waals surface area contributed by atoms with E-state index in [1.54, 1.807) is 7.11 Å². The highest BCUT2D eigenvalue weighted by atomic mass is 16.5. The van der Waals surface area contributed by atoms with Crippen LogP contribution in [-0.2, 0) is 4.74 Å². The van der Waals surface area contributed by atoms with Gasteiger partial charge in [0.05, 0.1) is 6.61 Å². The lowest BCUT2D eigenvalue weighted by Crippen LogP contribution is -2.39. The van der Waals surface area contributed by atoms with Gasteiger partial charge in [-0.1, -0.05) is 12.5 Å². The van der Waals surface area contributed by atoms with Crippen LogP contribution in [0.1, 0.15) is 19.3 Å². The zero-order valence-corrected chi connectivity index (χ0v) is 11.7. The van der Waals surface area contributed by atoms with Crippen molar-refractivity contribution in [3.05, 3.63) is 24.3 Å². The molecule has 1 atom stereocenters. The molecule has 0 aliphatic carbocycles. The minimum Gasteiger partial charge on any atom is -0.491 e. The number of benzene rings is 1. The summed E-state index contributed by atoms with van der Waals surface area (Å²) in [6.45, 7) is 3.32. The molecule has 1 aromatic carbocycles. The number of rotatable bonds is 7. The highest BCUT2D eigenvalue weighted by Gasteiger charge is 2.11. The molecule has 0 saturated carbocycles. The maximum Gasteiger partial charge on any atom is 0.121 e. The average molecular weight is 264 g/mol. The van der Waals surface area contributed by atoms with Gasteiger partial charge in [0.15, 0.2) is 0 Å². The summed E-state index contributed by atoms with van der Waals surface area (Å²) in [5.41, 5.74) is 1.11. The van der Waals surface area contributed by atoms with Gasteiger partial charge in [0, 0.05) is 31.5 Å². The number of methoxy groups -OCH3 is 1. The first-order chi connectivity index (χ1) is 9.38. The van der Waals surface area contributed by atoms with Crippen molar-refractivity contribution in [1.29, 1.82) is 0 Å². The van der Waals surface area contributed by atoms with Gasteiger partial charge in [-0.05, 0) is 31.5 Å². The summed E-state index contributed by atoms with van der Waals surface area (Å²) < 4.78 is 10.6. The quantitative estimate of drug-likeness (QED) is 0.741. The van der Waals surface area contributed by atoms with E-state index in [4.69, 9.17) is 9.47 Å². The van der Waals surface area contributed by atoms with Crippen LogP contribution in [0.5, 0.6) is 5.75 Å². The summed E-state index contributed by atoms with van der Waals surface area (Å²) in [5.74, 6) is 0.888. The summed E-state index contributed by atoms with van der Waals surface area (Å²) >= 11 is 0. The monoisotopic (exact) mass is 264 g/mol. The van der Waals surface area contributed by atoms with Gasteiger partial charge in [0.25, 0.3) is 0 Å². The number of anilines is 1. The van der Waals surface area contributed by atoms with Crippen LogP contribution in [-0.4, -0.2) is 39.5 Å². The van der Waals surface area contributed by atoms with E-state index in [0.29, 0.717) is 19.3 Å². The Bertz CT molecular complexity index is 365. The minimum absolute atomic E-state index is 0.587. The topological polar surface area (TPSA) is 42.5 Å². The fourth-order valence-corrected chi connectivity index (χ4v) is 2.28. The van der Waals surface area contributed by atoms with Crippen molar-refractivity contribution in [3.63, 3.8) is 0 Å². The standard InChI is InChI=1S/C15H24N2O2/c1-18-9-10-19-15-7-4-6-13(11-15)17-12-14-5-2-3-8-16-14/h4,6-7,11,14,16-17H,2-3,5,8-10,12H2,1H3. The van der Waals surface area contributed by atoms with Crippen molar-refractivity contribution in [1.82, 2.24) is 5.32 Å². The second kappa shape index (κ2) is 8.02. The third-order valence-corrected chi connectivity index (χ3v) is 3.36. The van der Waals surface area contributed by atoms with Crippen molar-refractivity contribution in [2.75, 3.05) is 38.7 Å². The van der Waals surface area contributed by atoms with Crippen LogP contribution in [0, 0.1) is 0 Å². The second-order valence-corrected chi connectivity index (χ2v) is 4.90. The summed E-state index contributed by atoms with van der Waals surface area (Å²) in [6, 6.07) is 8.69. The van der Waals surface area contributed by atoms with Crippen LogP contribution in [0.2, 0.25) is 0 Å². The van der Waals surface area contributed by atoms with Crippen LogP contribution in [0.25, 0.3) is 0 Å². The molecule has 0 radical (unpaired) electrons. The Morgan fingerprint density at radius 1 is 1.32 bits per heavy atom. The van der Waals surface area contributed by atoms with E-state index in [9.17, 15) is 0 Å². The Balaban J connectivity index is 1.77. The van der Waals surface area contributed by atoms with Crippen LogP contribution in [0.4, 0.5) is 5.69 Å². The molecule has 106 valence electrons. The van der Waals surface area contributed by atoms with Crippen LogP contribution >= 0.6 is 0 Å². The maximum atomic E-state index is 5.60. The highest BCUT2D eigenvalue weighted by Crippen LogP contribution is 2.18. The molecule has 1 heterocycles. The molecule has 4 nitrogen and oxygen atoms in total. The number of hydrogen-bond acceptors (Lipinski definition) is 4. The fourth-order valence-electron chi connectivity index (χ4n) is 2.28. The summed E-state index contributed by atoms with van der Waals surface area (Å²) in [5, 5.41) is 7.01. The Morgan fingerprint density at radius 3 is 3.05 bits per heavy atom. The fraction of sp³-hybridized carbons (Fsp3) is 0.600. The van der Waals surface area contributed by atoms with Gasteiger partial charge in [-0.15, -0.1) is 0 Å². The summed E-state index contributed by atoms with van der Waals surface area (Å²) in [6.07, 6.45) is 3.90. The first kappa shape index (κ1) is 14.2. The number of ether oxygens (including phenoxy) is 2. The van der Waals surface area contributed by atoms with E-state index >= 15 is 0 Å². The molecule has 0 amide bonds. The van der Waals surface area contributed by atoms with Gasteiger partial charge in [-0.25, -0.2) is 0 Å². The molecule has 1 aliphatic heterocycles. The molecule has 1 unspecified atom stereocenters. The molecule has 1 aliphatic rings. The second-order valence-electron chi connectivity index (χ2n) is 4.90. The molecular formula is C15H24N2O2. The van der Waals surface area contributed by atoms with Crippen LogP contribution < -0.4 is 15.4 Å². The van der Waals surface area contributed by atoms with E-state index < -0.39 is 0 Å². The molecule has 2 rings (SSSR count). The molecule has 0 spiro atoms. The average Bonchev–Trinajstić information content (AvgIpc) is 2.47. The van der Waals surface area contributed by atoms with E-state index in [-0.39, 0.29) is 0 Å². The zero-order valence-electron chi connectivity index (χ0n) is 11.7. The Hall–Kier alpha value is -1.26. The Morgan fingerprint density at radius 2 is 2.26 bits per heavy atom. The molecule has 1 fully saturated rings. The summed E-state index contributed by atoms with van der Waals surface area (Å²) in [4.78, 5) is 0. The number of piperidine rings is 1. The normalized spacial score (nSPS) is 19.1. The third kappa shape index (κ3) is 5.09. The summed E-state index contributed by atoms with van der Waals surface area (Å²) in [7, 11) is 1.68. The molecule has 19 heavy (non-hydrogen) atoms. The molecule has 1 aromatic rings. The Kier molecular flexibility index (Phi) is 5.98. The number of nitrogens with one attached hydrogen (secondary N) is 2. The van der Waals surface area contributed by atoms with E-state index in [2.05, 4.69) is 16.7 Å². The molecule has 0 bridgehead atoms. The van der Waals surface area contributed by atoms with Crippen molar-refractivity contribution < 1.29 is 9.47 Å². The molecule has 4 heteroatoms. The van der Waals surface area contributed by atoms with Crippen molar-refractivity contribution in [2.45, 2.75) is 25.3 Å². The van der Waals surface area contributed by atoms with Gasteiger partial charge in [0.2, 0.25) is 0 Å². The maximum absolute atomic E-state index is 5.60. The molecular weight excluding hydrogens is 240 g/mol. The third-order valence-electron chi connectivity index (χ3n) is 3.36. The predicted octanol–water partition coefficient (Wildman–Crippen LogP) is 2.27. The van der Waals surface area contributed by atoms with E-state index in [1.807, 2.05) is 18.2 Å². The largest absolute Gasteiger partial charge is 0.491 e. The predicted molar refractivity (Wildman–Crippen MR) is 77.9 cm³/mol. The highest BCUT2D eigenvalue weighted by molar-refractivity contribution is 5.48. The van der Waals surface area contributed by atoms with Crippen molar-refractivity contribution in [3.8, 4) is 5.75 Å². The van der Waals surface area contributed by atoms with Gasteiger partial charge < -0.3 is 20.1 Å². The SMILES string of the molecule is COCCOc1cccc(NCC2CCCCN2)c1. The smallest absolute Gasteiger partial charge is 0.121 e. The van der Waals surface area contributed by atoms with Gasteiger partial charge >= 0.3 is 0 Å². The lowest BCUT2D eigenvalue weighted by atomic mass is 10.1. The van der Waals surface area contributed by atoms with Crippen molar-refractivity contribution >= 4 is 5.69 Å². The number of hydrogen-bond donors (Lipinski definition) is 2. The first-order valence-electron chi connectivity index (χ1n) is 7.07. The van der Waals surface area contributed by atoms with Gasteiger partial charge in [0.1, 0.15) is 12.4 Å². The van der Waals surface area contributed by atoms with E-state index in [1.165, 1.54) is 19.3 Å².